The van der Waals surface area contributed by atoms with Gasteiger partial charge in [-0.15, -0.1) is 5.10 Å². The molecule has 1 N–H and O–H groups in total. The highest BCUT2D eigenvalue weighted by atomic mass is 32.2. The molecule has 0 aliphatic rings. The Labute approximate surface area is 151 Å². The Morgan fingerprint density at radius 2 is 1.72 bits per heavy atom. The molecule has 1 aromatic heterocycles. The van der Waals surface area contributed by atoms with Gasteiger partial charge in [0.15, 0.2) is 5.78 Å². The largest absolute Gasteiger partial charge is 0.294 e. The van der Waals surface area contributed by atoms with Crippen LogP contribution in [-0.4, -0.2) is 26.7 Å². The van der Waals surface area contributed by atoms with Crippen molar-refractivity contribution in [1.82, 2.24) is 15.2 Å². The molecule has 0 fully saturated rings. The minimum Gasteiger partial charge on any atom is -0.294 e. The van der Waals surface area contributed by atoms with E-state index in [-0.39, 0.29) is 5.78 Å². The first-order valence-corrected chi connectivity index (χ1v) is 9.16. The van der Waals surface area contributed by atoms with Crippen molar-refractivity contribution in [2.45, 2.75) is 18.0 Å². The second-order valence-electron chi connectivity index (χ2n) is 5.49. The molecule has 4 nitrogen and oxygen atoms in total. The number of hydrogen-bond donors (Lipinski definition) is 1. The summed E-state index contributed by atoms with van der Waals surface area (Å²) in [7, 11) is 0. The molecule has 3 rings (SSSR count). The van der Waals surface area contributed by atoms with Crippen LogP contribution < -0.4 is 0 Å². The lowest BCUT2D eigenvalue weighted by Gasteiger charge is -1.99. The number of H-pyrrole nitrogens is 1. The highest BCUT2D eigenvalue weighted by molar-refractivity contribution is 7.99. The molecule has 126 valence electrons. The maximum Gasteiger partial charge on any atom is 0.208 e. The molecule has 0 unspecified atom stereocenters. The second kappa shape index (κ2) is 8.99. The van der Waals surface area contributed by atoms with Crippen LogP contribution in [0.2, 0.25) is 0 Å². The van der Waals surface area contributed by atoms with Crippen LogP contribution in [-0.2, 0) is 0 Å². The number of hydrogen-bond acceptors (Lipinski definition) is 4. The maximum absolute atomic E-state index is 12.0. The molecule has 0 radical (unpaired) electrons. The zero-order valence-electron chi connectivity index (χ0n) is 13.8. The molecule has 0 spiro atoms. The third-order valence-corrected chi connectivity index (χ3v) is 4.52. The highest BCUT2D eigenvalue weighted by Gasteiger charge is 2.06. The van der Waals surface area contributed by atoms with Gasteiger partial charge in [-0.1, -0.05) is 78.5 Å². The molecular weight excluding hydrogens is 330 g/mol. The fourth-order valence-corrected chi connectivity index (χ4v) is 3.05. The Kier molecular flexibility index (Phi) is 6.17. The van der Waals surface area contributed by atoms with Crippen LogP contribution in [0.3, 0.4) is 0 Å². The predicted octanol–water partition coefficient (Wildman–Crippen LogP) is 4.73. The Morgan fingerprint density at radius 3 is 2.48 bits per heavy atom. The van der Waals surface area contributed by atoms with E-state index in [1.165, 1.54) is 0 Å². The van der Waals surface area contributed by atoms with Crippen molar-refractivity contribution in [1.29, 1.82) is 0 Å². The molecule has 0 saturated carbocycles. The third-order valence-electron chi connectivity index (χ3n) is 3.59. The van der Waals surface area contributed by atoms with Gasteiger partial charge in [0.2, 0.25) is 5.16 Å². The van der Waals surface area contributed by atoms with Gasteiger partial charge in [0.1, 0.15) is 5.82 Å². The molecule has 0 aliphatic heterocycles. The molecule has 1 heterocycles. The second-order valence-corrected chi connectivity index (χ2v) is 6.55. The van der Waals surface area contributed by atoms with Gasteiger partial charge < -0.3 is 0 Å². The van der Waals surface area contributed by atoms with Crippen molar-refractivity contribution < 1.29 is 4.79 Å². The molecule has 0 bridgehead atoms. The lowest BCUT2D eigenvalue weighted by molar-refractivity contribution is 0.0982. The van der Waals surface area contributed by atoms with Gasteiger partial charge in [-0.05, 0) is 18.1 Å². The van der Waals surface area contributed by atoms with Gasteiger partial charge in [-0.3, -0.25) is 9.89 Å². The number of ketones is 1. The molecule has 0 amide bonds. The topological polar surface area (TPSA) is 58.6 Å². The van der Waals surface area contributed by atoms with Crippen molar-refractivity contribution in [3.8, 4) is 0 Å². The van der Waals surface area contributed by atoms with E-state index in [9.17, 15) is 4.79 Å². The number of aromatic nitrogens is 3. The van der Waals surface area contributed by atoms with E-state index in [1.807, 2.05) is 72.8 Å². The van der Waals surface area contributed by atoms with Gasteiger partial charge >= 0.3 is 0 Å². The molecule has 0 saturated heterocycles. The Hall–Kier alpha value is -2.66. The smallest absolute Gasteiger partial charge is 0.208 e. The summed E-state index contributed by atoms with van der Waals surface area (Å²) in [6.07, 6.45) is 5.25. The zero-order valence-corrected chi connectivity index (χ0v) is 14.6. The fraction of sp³-hybridized carbons (Fsp3) is 0.150. The fourth-order valence-electron chi connectivity index (χ4n) is 2.30. The zero-order chi connectivity index (χ0) is 17.3. The molecule has 0 aliphatic carbocycles. The summed E-state index contributed by atoms with van der Waals surface area (Å²) in [6.45, 7) is 0. The van der Waals surface area contributed by atoms with Crippen LogP contribution in [0, 0.1) is 0 Å². The Morgan fingerprint density at radius 1 is 1.00 bits per heavy atom. The van der Waals surface area contributed by atoms with E-state index < -0.39 is 0 Å². The van der Waals surface area contributed by atoms with Crippen LogP contribution in [0.25, 0.3) is 12.2 Å². The van der Waals surface area contributed by atoms with Crippen LogP contribution in [0.5, 0.6) is 0 Å². The maximum atomic E-state index is 12.0. The molecular formula is C20H19N3OS. The minimum atomic E-state index is 0.183. The number of benzene rings is 2. The van der Waals surface area contributed by atoms with Crippen molar-refractivity contribution in [3.05, 3.63) is 77.6 Å². The number of carbonyl (C=O) groups is 1. The molecule has 0 atom stereocenters. The number of carbonyl (C=O) groups excluding carboxylic acids is 1. The van der Waals surface area contributed by atoms with E-state index in [4.69, 9.17) is 0 Å². The number of Topliss-reactive ketones (excluding diaryl/α,β-unsaturated/α-hetero) is 1. The van der Waals surface area contributed by atoms with Crippen molar-refractivity contribution in [2.75, 3.05) is 5.75 Å². The summed E-state index contributed by atoms with van der Waals surface area (Å²) in [5.74, 6) is 1.73. The number of thioether (sulfide) groups is 1. The first-order valence-electron chi connectivity index (χ1n) is 8.18. The average molecular weight is 349 g/mol. The van der Waals surface area contributed by atoms with Crippen LogP contribution >= 0.6 is 11.8 Å². The highest BCUT2D eigenvalue weighted by Crippen LogP contribution is 2.16. The van der Waals surface area contributed by atoms with Crippen LogP contribution in [0.15, 0.2) is 65.8 Å². The minimum absolute atomic E-state index is 0.183. The van der Waals surface area contributed by atoms with Crippen molar-refractivity contribution >= 4 is 29.7 Å². The molecule has 25 heavy (non-hydrogen) atoms. The number of nitrogens with one attached hydrogen (secondary N) is 1. The van der Waals surface area contributed by atoms with E-state index in [0.717, 1.165) is 29.1 Å². The summed E-state index contributed by atoms with van der Waals surface area (Å²) in [5.41, 5.74) is 1.89. The quantitative estimate of drug-likeness (QED) is 0.363. The Balaban J connectivity index is 1.43. The summed E-state index contributed by atoms with van der Waals surface area (Å²) < 4.78 is 0. The first-order chi connectivity index (χ1) is 12.3. The molecule has 3 aromatic rings. The van der Waals surface area contributed by atoms with Gasteiger partial charge in [-0.2, -0.15) is 0 Å². The van der Waals surface area contributed by atoms with E-state index in [0.29, 0.717) is 11.6 Å². The van der Waals surface area contributed by atoms with E-state index >= 15 is 0 Å². The normalized spacial score (nSPS) is 11.0. The third kappa shape index (κ3) is 5.43. The summed E-state index contributed by atoms with van der Waals surface area (Å²) in [5, 5.41) is 7.82. The van der Waals surface area contributed by atoms with E-state index in [1.54, 1.807) is 11.8 Å². The summed E-state index contributed by atoms with van der Waals surface area (Å²) in [4.78, 5) is 16.4. The molecule has 2 aromatic carbocycles. The number of rotatable bonds is 8. The van der Waals surface area contributed by atoms with Gasteiger partial charge in [0, 0.05) is 17.7 Å². The SMILES string of the molecule is O=C(CCCSc1n[nH]c(/C=C/c2ccccc2)n1)c1ccccc1. The van der Waals surface area contributed by atoms with E-state index in [2.05, 4.69) is 15.2 Å². The first kappa shape index (κ1) is 17.2. The van der Waals surface area contributed by atoms with Crippen molar-refractivity contribution in [3.63, 3.8) is 0 Å². The number of nitrogens with zero attached hydrogens (tertiary/aromatic N) is 2. The monoisotopic (exact) mass is 349 g/mol. The summed E-state index contributed by atoms with van der Waals surface area (Å²) >= 11 is 1.56. The molecule has 5 heteroatoms. The lowest BCUT2D eigenvalue weighted by Crippen LogP contribution is -1.99. The van der Waals surface area contributed by atoms with Gasteiger partial charge in [0.25, 0.3) is 0 Å². The van der Waals surface area contributed by atoms with Gasteiger partial charge in [0.05, 0.1) is 0 Å². The van der Waals surface area contributed by atoms with Crippen LogP contribution in [0.1, 0.15) is 34.6 Å². The Bertz CT molecular complexity index is 828. The van der Waals surface area contributed by atoms with Crippen molar-refractivity contribution in [2.24, 2.45) is 0 Å². The number of aromatic amines is 1. The lowest BCUT2D eigenvalue weighted by atomic mass is 10.1. The average Bonchev–Trinajstić information content (AvgIpc) is 3.13. The predicted molar refractivity (Wildman–Crippen MR) is 102 cm³/mol. The standard InChI is InChI=1S/C20H19N3OS/c24-18(17-10-5-2-6-11-17)12-7-15-25-20-21-19(22-23-20)14-13-16-8-3-1-4-9-16/h1-6,8-11,13-14H,7,12,15H2,(H,21,22,23)/b14-13+. The van der Waals surface area contributed by atoms with Gasteiger partial charge in [-0.25, -0.2) is 4.98 Å². The van der Waals surface area contributed by atoms with Crippen LogP contribution in [0.4, 0.5) is 0 Å². The summed E-state index contributed by atoms with van der Waals surface area (Å²) in [6, 6.07) is 19.5.